The maximum Gasteiger partial charge on any atom is 0.216 e. The Morgan fingerprint density at radius 3 is 2.81 bits per heavy atom. The summed E-state index contributed by atoms with van der Waals surface area (Å²) < 4.78 is 40.8. The predicted molar refractivity (Wildman–Crippen MR) is 79.7 cm³/mol. The van der Waals surface area contributed by atoms with Crippen molar-refractivity contribution in [3.05, 3.63) is 35.1 Å². The van der Waals surface area contributed by atoms with Crippen LogP contribution < -0.4 is 4.72 Å². The van der Waals surface area contributed by atoms with E-state index in [0.717, 1.165) is 24.8 Å². The van der Waals surface area contributed by atoms with Gasteiger partial charge in [-0.25, -0.2) is 17.5 Å². The van der Waals surface area contributed by atoms with Crippen LogP contribution in [-0.2, 0) is 15.8 Å². The van der Waals surface area contributed by atoms with Gasteiger partial charge in [-0.2, -0.15) is 0 Å². The van der Waals surface area contributed by atoms with Crippen LogP contribution in [-0.4, -0.2) is 26.2 Å². The highest BCUT2D eigenvalue weighted by Crippen LogP contribution is 2.29. The highest BCUT2D eigenvalue weighted by atomic mass is 32.2. The van der Waals surface area contributed by atoms with Gasteiger partial charge in [0, 0.05) is 18.2 Å². The zero-order valence-electron chi connectivity index (χ0n) is 12.2. The van der Waals surface area contributed by atoms with E-state index in [2.05, 4.69) is 4.72 Å². The number of benzene rings is 1. The number of halogens is 1. The molecule has 1 saturated carbocycles. The van der Waals surface area contributed by atoms with E-state index in [1.54, 1.807) is 13.0 Å². The van der Waals surface area contributed by atoms with Gasteiger partial charge in [0.2, 0.25) is 10.0 Å². The summed E-state index contributed by atoms with van der Waals surface area (Å²) in [5.41, 5.74) is 0.949. The van der Waals surface area contributed by atoms with Crippen LogP contribution in [0.1, 0.15) is 36.8 Å². The molecule has 2 atom stereocenters. The first kappa shape index (κ1) is 16.4. The van der Waals surface area contributed by atoms with Crippen molar-refractivity contribution in [1.82, 2.24) is 4.72 Å². The van der Waals surface area contributed by atoms with Gasteiger partial charge in [-0.15, -0.1) is 0 Å². The van der Waals surface area contributed by atoms with Crippen molar-refractivity contribution in [2.75, 3.05) is 6.61 Å². The van der Waals surface area contributed by atoms with Crippen LogP contribution in [0, 0.1) is 18.7 Å². The van der Waals surface area contributed by atoms with Gasteiger partial charge in [-0.3, -0.25) is 0 Å². The van der Waals surface area contributed by atoms with Crippen molar-refractivity contribution in [2.24, 2.45) is 5.92 Å². The lowest BCUT2D eigenvalue weighted by Crippen LogP contribution is -2.38. The number of aliphatic hydroxyl groups excluding tert-OH is 1. The number of hydrogen-bond acceptors (Lipinski definition) is 3. The number of sulfonamides is 1. The Labute approximate surface area is 125 Å². The second-order valence-corrected chi connectivity index (χ2v) is 7.54. The van der Waals surface area contributed by atoms with Gasteiger partial charge >= 0.3 is 0 Å². The first-order chi connectivity index (χ1) is 9.91. The molecule has 0 radical (unpaired) electrons. The second-order valence-electron chi connectivity index (χ2n) is 5.78. The molecule has 1 aliphatic carbocycles. The maximum atomic E-state index is 13.8. The summed E-state index contributed by atoms with van der Waals surface area (Å²) in [4.78, 5) is 0. The fourth-order valence-corrected chi connectivity index (χ4v) is 4.45. The minimum atomic E-state index is -3.58. The molecule has 1 aliphatic rings. The molecule has 1 aromatic rings. The molecule has 0 aliphatic heterocycles. The van der Waals surface area contributed by atoms with Gasteiger partial charge in [0.05, 0.1) is 5.75 Å². The molecule has 0 bridgehead atoms. The zero-order valence-corrected chi connectivity index (χ0v) is 13.0. The summed E-state index contributed by atoms with van der Waals surface area (Å²) in [5.74, 6) is -0.659. The SMILES string of the molecule is Cc1ccc(CS(=O)(=O)NC2CCCC2CCO)c(F)c1. The summed E-state index contributed by atoms with van der Waals surface area (Å²) in [7, 11) is -3.58. The third-order valence-electron chi connectivity index (χ3n) is 4.04. The number of hydrogen-bond donors (Lipinski definition) is 2. The first-order valence-corrected chi connectivity index (χ1v) is 8.92. The summed E-state index contributed by atoms with van der Waals surface area (Å²) in [6.45, 7) is 1.83. The Morgan fingerprint density at radius 1 is 1.38 bits per heavy atom. The molecule has 2 rings (SSSR count). The van der Waals surface area contributed by atoms with E-state index in [1.165, 1.54) is 12.1 Å². The van der Waals surface area contributed by atoms with Gasteiger partial charge in [-0.05, 0) is 43.7 Å². The molecule has 6 heteroatoms. The molecule has 21 heavy (non-hydrogen) atoms. The largest absolute Gasteiger partial charge is 0.396 e. The second kappa shape index (κ2) is 6.85. The minimum absolute atomic E-state index is 0.0650. The van der Waals surface area contributed by atoms with Crippen molar-refractivity contribution in [1.29, 1.82) is 0 Å². The Balaban J connectivity index is 2.04. The smallest absolute Gasteiger partial charge is 0.216 e. The van der Waals surface area contributed by atoms with Crippen LogP contribution in [0.15, 0.2) is 18.2 Å². The summed E-state index contributed by atoms with van der Waals surface area (Å²) in [6, 6.07) is 4.42. The number of aryl methyl sites for hydroxylation is 1. The van der Waals surface area contributed by atoms with Gasteiger partial charge in [0.15, 0.2) is 0 Å². The number of rotatable bonds is 6. The Morgan fingerprint density at radius 2 is 2.14 bits per heavy atom. The van der Waals surface area contributed by atoms with E-state index < -0.39 is 15.8 Å². The van der Waals surface area contributed by atoms with Gasteiger partial charge < -0.3 is 5.11 Å². The molecular weight excluding hydrogens is 293 g/mol. The van der Waals surface area contributed by atoms with Gasteiger partial charge in [-0.1, -0.05) is 18.6 Å². The van der Waals surface area contributed by atoms with E-state index in [1.807, 2.05) is 0 Å². The first-order valence-electron chi connectivity index (χ1n) is 7.27. The molecule has 118 valence electrons. The maximum absolute atomic E-state index is 13.8. The lowest BCUT2D eigenvalue weighted by atomic mass is 10.0. The fraction of sp³-hybridized carbons (Fsp3) is 0.600. The third kappa shape index (κ3) is 4.49. The van der Waals surface area contributed by atoms with E-state index >= 15 is 0 Å². The van der Waals surface area contributed by atoms with Crippen LogP contribution in [0.5, 0.6) is 0 Å². The fourth-order valence-electron chi connectivity index (χ4n) is 2.95. The zero-order chi connectivity index (χ0) is 15.5. The molecule has 0 heterocycles. The quantitative estimate of drug-likeness (QED) is 0.845. The number of nitrogens with one attached hydrogen (secondary N) is 1. The van der Waals surface area contributed by atoms with E-state index in [4.69, 9.17) is 5.11 Å². The van der Waals surface area contributed by atoms with Crippen LogP contribution in [0.4, 0.5) is 4.39 Å². The topological polar surface area (TPSA) is 66.4 Å². The average Bonchev–Trinajstić information content (AvgIpc) is 2.80. The summed E-state index contributed by atoms with van der Waals surface area (Å²) in [5, 5.41) is 9.01. The summed E-state index contributed by atoms with van der Waals surface area (Å²) >= 11 is 0. The molecule has 2 unspecified atom stereocenters. The van der Waals surface area contributed by atoms with Crippen LogP contribution in [0.2, 0.25) is 0 Å². The normalized spacial score (nSPS) is 22.6. The predicted octanol–water partition coefficient (Wildman–Crippen LogP) is 2.10. The Kier molecular flexibility index (Phi) is 5.35. The molecule has 2 N–H and O–H groups in total. The molecule has 0 amide bonds. The lowest BCUT2D eigenvalue weighted by molar-refractivity contribution is 0.248. The average molecular weight is 315 g/mol. The molecule has 4 nitrogen and oxygen atoms in total. The van der Waals surface area contributed by atoms with Crippen LogP contribution >= 0.6 is 0 Å². The monoisotopic (exact) mass is 315 g/mol. The van der Waals surface area contributed by atoms with Crippen LogP contribution in [0.25, 0.3) is 0 Å². The van der Waals surface area contributed by atoms with Crippen molar-refractivity contribution in [2.45, 2.75) is 44.4 Å². The Hall–Kier alpha value is -0.980. The Bertz CT molecular complexity index is 589. The minimum Gasteiger partial charge on any atom is -0.396 e. The molecular formula is C15H22FNO3S. The van der Waals surface area contributed by atoms with Gasteiger partial charge in [0.1, 0.15) is 5.82 Å². The molecule has 1 aromatic carbocycles. The van der Waals surface area contributed by atoms with Crippen molar-refractivity contribution in [3.63, 3.8) is 0 Å². The van der Waals surface area contributed by atoms with E-state index in [-0.39, 0.29) is 29.9 Å². The standard InChI is InChI=1S/C15H22FNO3S/c1-11-5-6-13(14(16)9-11)10-21(19,20)17-15-4-2-3-12(15)7-8-18/h5-6,9,12,15,17-18H,2-4,7-8,10H2,1H3. The van der Waals surface area contributed by atoms with E-state index in [9.17, 15) is 12.8 Å². The highest BCUT2D eigenvalue weighted by Gasteiger charge is 2.30. The molecule has 1 fully saturated rings. The highest BCUT2D eigenvalue weighted by molar-refractivity contribution is 7.88. The van der Waals surface area contributed by atoms with Crippen LogP contribution in [0.3, 0.4) is 0 Å². The number of aliphatic hydroxyl groups is 1. The lowest BCUT2D eigenvalue weighted by Gasteiger charge is -2.20. The van der Waals surface area contributed by atoms with E-state index in [0.29, 0.717) is 6.42 Å². The van der Waals surface area contributed by atoms with Crippen molar-refractivity contribution in [3.8, 4) is 0 Å². The molecule has 0 saturated heterocycles. The molecule has 0 aromatic heterocycles. The molecule has 0 spiro atoms. The third-order valence-corrected chi connectivity index (χ3v) is 5.40. The summed E-state index contributed by atoms with van der Waals surface area (Å²) in [6.07, 6.45) is 3.26. The van der Waals surface area contributed by atoms with Gasteiger partial charge in [0.25, 0.3) is 0 Å². The van der Waals surface area contributed by atoms with Crippen molar-refractivity contribution < 1.29 is 17.9 Å². The van der Waals surface area contributed by atoms with Crippen molar-refractivity contribution >= 4 is 10.0 Å².